The molecule has 6 nitrogen and oxygen atoms in total. The second-order valence-electron chi connectivity index (χ2n) is 5.26. The van der Waals surface area contributed by atoms with Gasteiger partial charge in [-0.15, -0.1) is 0 Å². The molecule has 0 spiro atoms. The van der Waals surface area contributed by atoms with Crippen LogP contribution in [0.5, 0.6) is 0 Å². The predicted octanol–water partition coefficient (Wildman–Crippen LogP) is 1.04. The zero-order valence-electron chi connectivity index (χ0n) is 11.6. The predicted molar refractivity (Wildman–Crippen MR) is 70.8 cm³/mol. The van der Waals surface area contributed by atoms with Gasteiger partial charge in [-0.25, -0.2) is 9.59 Å². The van der Waals surface area contributed by atoms with Crippen molar-refractivity contribution >= 4 is 12.0 Å². The summed E-state index contributed by atoms with van der Waals surface area (Å²) in [7, 11) is 0. The first-order chi connectivity index (χ1) is 8.95. The normalized spacial score (nSPS) is 24.9. The molecule has 1 aliphatic heterocycles. The molecule has 0 radical (unpaired) electrons. The number of hydrogen-bond donors (Lipinski definition) is 3. The van der Waals surface area contributed by atoms with E-state index in [9.17, 15) is 14.7 Å². The Morgan fingerprint density at radius 3 is 2.68 bits per heavy atom. The summed E-state index contributed by atoms with van der Waals surface area (Å²) in [5.41, 5.74) is 0. The highest BCUT2D eigenvalue weighted by Gasteiger charge is 2.29. The van der Waals surface area contributed by atoms with Crippen molar-refractivity contribution in [3.05, 3.63) is 0 Å². The van der Waals surface area contributed by atoms with Crippen LogP contribution < -0.4 is 5.32 Å². The third-order valence-corrected chi connectivity index (χ3v) is 3.59. The molecule has 0 aromatic heterocycles. The van der Waals surface area contributed by atoms with Crippen molar-refractivity contribution in [2.45, 2.75) is 51.7 Å². The number of likely N-dealkylation sites (tertiary alicyclic amines) is 1. The molecular weight excluding hydrogens is 248 g/mol. The molecule has 3 atom stereocenters. The van der Waals surface area contributed by atoms with Crippen molar-refractivity contribution in [1.29, 1.82) is 0 Å². The van der Waals surface area contributed by atoms with Crippen LogP contribution in [0.4, 0.5) is 4.79 Å². The summed E-state index contributed by atoms with van der Waals surface area (Å²) in [6, 6.07) is -1.17. The van der Waals surface area contributed by atoms with Gasteiger partial charge in [-0.2, -0.15) is 0 Å². The SMILES string of the molecule is CCCC[C@H](NC(=O)N1CCC(O)C(C)C1)C(=O)O. The Balaban J connectivity index is 2.50. The van der Waals surface area contributed by atoms with Gasteiger partial charge in [0.1, 0.15) is 6.04 Å². The van der Waals surface area contributed by atoms with Crippen molar-refractivity contribution in [3.63, 3.8) is 0 Å². The lowest BCUT2D eigenvalue weighted by atomic mass is 9.97. The summed E-state index contributed by atoms with van der Waals surface area (Å²) in [4.78, 5) is 24.6. The number of carboxylic acid groups (broad SMARTS) is 1. The largest absolute Gasteiger partial charge is 0.480 e. The molecule has 1 aliphatic rings. The number of aliphatic hydroxyl groups excluding tert-OH is 1. The summed E-state index contributed by atoms with van der Waals surface area (Å²) in [6.45, 7) is 4.80. The summed E-state index contributed by atoms with van der Waals surface area (Å²) in [6.07, 6.45) is 2.28. The highest BCUT2D eigenvalue weighted by Crippen LogP contribution is 2.16. The number of hydrogen-bond acceptors (Lipinski definition) is 3. The molecule has 1 rings (SSSR count). The molecule has 19 heavy (non-hydrogen) atoms. The summed E-state index contributed by atoms with van der Waals surface area (Å²) >= 11 is 0. The van der Waals surface area contributed by atoms with E-state index in [0.29, 0.717) is 25.9 Å². The Morgan fingerprint density at radius 1 is 1.47 bits per heavy atom. The molecule has 0 aromatic rings. The van der Waals surface area contributed by atoms with Crippen LogP contribution in [0.25, 0.3) is 0 Å². The maximum absolute atomic E-state index is 12.0. The Bertz CT molecular complexity index is 322. The van der Waals surface area contributed by atoms with Gasteiger partial charge in [0.25, 0.3) is 0 Å². The first-order valence-electron chi connectivity index (χ1n) is 6.92. The van der Waals surface area contributed by atoms with Crippen molar-refractivity contribution < 1.29 is 19.8 Å². The quantitative estimate of drug-likeness (QED) is 0.697. The van der Waals surface area contributed by atoms with E-state index in [1.807, 2.05) is 13.8 Å². The van der Waals surface area contributed by atoms with Crippen molar-refractivity contribution in [3.8, 4) is 0 Å². The van der Waals surface area contributed by atoms with Crippen LogP contribution in [-0.4, -0.2) is 52.3 Å². The van der Waals surface area contributed by atoms with E-state index in [4.69, 9.17) is 5.11 Å². The van der Waals surface area contributed by atoms with Crippen LogP contribution >= 0.6 is 0 Å². The Morgan fingerprint density at radius 2 is 2.16 bits per heavy atom. The van der Waals surface area contributed by atoms with Gasteiger partial charge in [-0.1, -0.05) is 26.7 Å². The van der Waals surface area contributed by atoms with Gasteiger partial charge in [0.05, 0.1) is 6.10 Å². The van der Waals surface area contributed by atoms with Crippen molar-refractivity contribution in [2.75, 3.05) is 13.1 Å². The van der Waals surface area contributed by atoms with Crippen LogP contribution in [-0.2, 0) is 4.79 Å². The van der Waals surface area contributed by atoms with Gasteiger partial charge in [-0.3, -0.25) is 0 Å². The van der Waals surface area contributed by atoms with E-state index in [-0.39, 0.29) is 18.1 Å². The molecule has 2 amide bonds. The number of amides is 2. The molecule has 2 unspecified atom stereocenters. The van der Waals surface area contributed by atoms with E-state index in [2.05, 4.69) is 5.32 Å². The average molecular weight is 272 g/mol. The van der Waals surface area contributed by atoms with Crippen LogP contribution in [0.2, 0.25) is 0 Å². The molecule has 0 aromatic carbocycles. The number of nitrogens with zero attached hydrogens (tertiary/aromatic N) is 1. The van der Waals surface area contributed by atoms with Gasteiger partial charge in [0.2, 0.25) is 0 Å². The number of aliphatic hydroxyl groups is 1. The Hall–Kier alpha value is -1.30. The molecule has 3 N–H and O–H groups in total. The fraction of sp³-hybridized carbons (Fsp3) is 0.846. The number of carboxylic acids is 1. The van der Waals surface area contributed by atoms with Crippen molar-refractivity contribution in [1.82, 2.24) is 10.2 Å². The molecule has 0 bridgehead atoms. The molecule has 1 saturated heterocycles. The van der Waals surface area contributed by atoms with E-state index in [0.717, 1.165) is 12.8 Å². The van der Waals surface area contributed by atoms with E-state index in [1.54, 1.807) is 4.90 Å². The van der Waals surface area contributed by atoms with Crippen molar-refractivity contribution in [2.24, 2.45) is 5.92 Å². The van der Waals surface area contributed by atoms with Crippen LogP contribution in [0, 0.1) is 5.92 Å². The highest BCUT2D eigenvalue weighted by atomic mass is 16.4. The van der Waals surface area contributed by atoms with Gasteiger partial charge in [-0.05, 0) is 18.8 Å². The number of urea groups is 1. The molecule has 1 heterocycles. The van der Waals surface area contributed by atoms with Gasteiger partial charge >= 0.3 is 12.0 Å². The first-order valence-corrected chi connectivity index (χ1v) is 6.92. The van der Waals surface area contributed by atoms with Gasteiger partial charge in [0, 0.05) is 13.1 Å². The number of rotatable bonds is 5. The fourth-order valence-electron chi connectivity index (χ4n) is 2.22. The fourth-order valence-corrected chi connectivity index (χ4v) is 2.22. The van der Waals surface area contributed by atoms with E-state index in [1.165, 1.54) is 0 Å². The monoisotopic (exact) mass is 272 g/mol. The number of unbranched alkanes of at least 4 members (excludes halogenated alkanes) is 1. The minimum absolute atomic E-state index is 0.0263. The lowest BCUT2D eigenvalue weighted by molar-refractivity contribution is -0.139. The van der Waals surface area contributed by atoms with Crippen LogP contribution in [0.3, 0.4) is 0 Å². The molecule has 1 fully saturated rings. The third kappa shape index (κ3) is 4.70. The number of carbonyl (C=O) groups is 2. The summed E-state index contributed by atoms with van der Waals surface area (Å²) in [5, 5.41) is 21.2. The smallest absolute Gasteiger partial charge is 0.326 e. The average Bonchev–Trinajstić information content (AvgIpc) is 2.37. The lowest BCUT2D eigenvalue weighted by Gasteiger charge is -2.34. The summed E-state index contributed by atoms with van der Waals surface area (Å²) < 4.78 is 0. The van der Waals surface area contributed by atoms with Gasteiger partial charge in [0.15, 0.2) is 0 Å². The maximum Gasteiger partial charge on any atom is 0.326 e. The first kappa shape index (κ1) is 15.8. The number of aliphatic carboxylic acids is 1. The van der Waals surface area contributed by atoms with E-state index >= 15 is 0 Å². The van der Waals surface area contributed by atoms with Crippen LogP contribution in [0.1, 0.15) is 39.5 Å². The highest BCUT2D eigenvalue weighted by molar-refractivity contribution is 5.82. The topological polar surface area (TPSA) is 89.9 Å². The molecule has 0 aliphatic carbocycles. The van der Waals surface area contributed by atoms with Crippen LogP contribution in [0.15, 0.2) is 0 Å². The Labute approximate surface area is 113 Å². The lowest BCUT2D eigenvalue weighted by Crippen LogP contribution is -2.52. The molecule has 6 heteroatoms. The number of nitrogens with one attached hydrogen (secondary N) is 1. The molecular formula is C13H24N2O4. The third-order valence-electron chi connectivity index (χ3n) is 3.59. The Kier molecular flexibility index (Phi) is 6.08. The zero-order chi connectivity index (χ0) is 14.4. The summed E-state index contributed by atoms with van der Waals surface area (Å²) in [5.74, 6) is -0.967. The minimum atomic E-state index is -0.994. The van der Waals surface area contributed by atoms with Gasteiger partial charge < -0.3 is 20.4 Å². The zero-order valence-corrected chi connectivity index (χ0v) is 11.6. The second-order valence-corrected chi connectivity index (χ2v) is 5.26. The van der Waals surface area contributed by atoms with E-state index < -0.39 is 12.0 Å². The molecule has 0 saturated carbocycles. The number of carbonyl (C=O) groups excluding carboxylic acids is 1. The molecule has 110 valence electrons. The second kappa shape index (κ2) is 7.33. The standard InChI is InChI=1S/C13H24N2O4/c1-3-4-5-10(12(17)18)14-13(19)15-7-6-11(16)9(2)8-15/h9-11,16H,3-8H2,1-2H3,(H,14,19)(H,17,18)/t9?,10-,11?/m0/s1. The number of piperidine rings is 1. The maximum atomic E-state index is 12.0. The minimum Gasteiger partial charge on any atom is -0.480 e.